The van der Waals surface area contributed by atoms with Gasteiger partial charge in [0.15, 0.2) is 0 Å². The van der Waals surface area contributed by atoms with Crippen LogP contribution >= 0.6 is 0 Å². The summed E-state index contributed by atoms with van der Waals surface area (Å²) < 4.78 is 41.2. The minimum Gasteiger partial charge on any atom is -0.326 e. The highest BCUT2D eigenvalue weighted by Gasteiger charge is 2.49. The van der Waals surface area contributed by atoms with Gasteiger partial charge in [-0.05, 0) is 42.4 Å². The summed E-state index contributed by atoms with van der Waals surface area (Å²) in [4.78, 5) is 23.0. The minimum absolute atomic E-state index is 0.218. The lowest BCUT2D eigenvalue weighted by Crippen LogP contribution is -2.33. The van der Waals surface area contributed by atoms with Crippen molar-refractivity contribution in [2.75, 3.05) is 5.32 Å². The zero-order chi connectivity index (χ0) is 17.8. The van der Waals surface area contributed by atoms with Crippen molar-refractivity contribution < 1.29 is 22.4 Å². The number of carbonyl (C=O) groups is 2. The summed E-state index contributed by atoms with van der Waals surface area (Å²) in [6.07, 6.45) is 4.65. The smallest absolute Gasteiger partial charge is 0.266 e. The highest BCUT2D eigenvalue weighted by molar-refractivity contribution is 7.90. The van der Waals surface area contributed by atoms with E-state index in [1.165, 1.54) is 12.5 Å². The number of anilines is 1. The van der Waals surface area contributed by atoms with Gasteiger partial charge in [-0.1, -0.05) is 19.3 Å². The van der Waals surface area contributed by atoms with Crippen LogP contribution in [0.25, 0.3) is 0 Å². The van der Waals surface area contributed by atoms with E-state index in [1.807, 2.05) is 4.72 Å². The van der Waals surface area contributed by atoms with Gasteiger partial charge in [0.05, 0.1) is 0 Å². The minimum atomic E-state index is -4.27. The monoisotopic (exact) mass is 366 g/mol. The summed E-state index contributed by atoms with van der Waals surface area (Å²) in [5.41, 5.74) is 0.832. The van der Waals surface area contributed by atoms with Crippen LogP contribution in [0.5, 0.6) is 0 Å². The van der Waals surface area contributed by atoms with Crippen molar-refractivity contribution >= 4 is 27.5 Å². The van der Waals surface area contributed by atoms with E-state index in [4.69, 9.17) is 0 Å². The Morgan fingerprint density at radius 3 is 2.68 bits per heavy atom. The standard InChI is InChI=1S/C17H19FN2O4S/c18-13-8-14-10(4-5-16(21)19-14)6-15(13)25(23,24)20-17(22)12-7-11(12)9-2-1-3-9/h6,8-9,11-12H,1-5,7H2,(H,19,21)(H,20,22)/t11-,12+/m0/s1. The Morgan fingerprint density at radius 1 is 1.24 bits per heavy atom. The van der Waals surface area contributed by atoms with Gasteiger partial charge in [0.1, 0.15) is 10.7 Å². The molecule has 2 N–H and O–H groups in total. The van der Waals surface area contributed by atoms with Crippen molar-refractivity contribution in [1.82, 2.24) is 4.72 Å². The Labute approximate surface area is 145 Å². The van der Waals surface area contributed by atoms with E-state index in [1.54, 1.807) is 0 Å². The molecule has 0 unspecified atom stereocenters. The number of hydrogen-bond donors (Lipinski definition) is 2. The Hall–Kier alpha value is -1.96. The van der Waals surface area contributed by atoms with Crippen molar-refractivity contribution in [2.45, 2.75) is 43.4 Å². The molecule has 134 valence electrons. The van der Waals surface area contributed by atoms with Gasteiger partial charge < -0.3 is 5.32 Å². The first kappa shape index (κ1) is 16.5. The molecule has 2 saturated carbocycles. The molecule has 2 fully saturated rings. The lowest BCUT2D eigenvalue weighted by Gasteiger charge is -2.25. The molecule has 2 atom stereocenters. The first-order valence-electron chi connectivity index (χ1n) is 8.54. The molecular formula is C17H19FN2O4S. The van der Waals surface area contributed by atoms with Crippen LogP contribution in [0.1, 0.15) is 37.7 Å². The molecule has 8 heteroatoms. The number of fused-ring (bicyclic) bond motifs is 1. The van der Waals surface area contributed by atoms with E-state index >= 15 is 0 Å². The van der Waals surface area contributed by atoms with Crippen LogP contribution in [-0.2, 0) is 26.0 Å². The topological polar surface area (TPSA) is 92.3 Å². The second-order valence-electron chi connectivity index (χ2n) is 7.15. The third-order valence-corrected chi connectivity index (χ3v) is 6.87. The molecule has 0 spiro atoms. The second kappa shape index (κ2) is 5.79. The largest absolute Gasteiger partial charge is 0.326 e. The van der Waals surface area contributed by atoms with Crippen molar-refractivity contribution in [3.63, 3.8) is 0 Å². The molecule has 3 aliphatic rings. The summed E-state index contributed by atoms with van der Waals surface area (Å²) in [7, 11) is -4.27. The zero-order valence-electron chi connectivity index (χ0n) is 13.5. The first-order valence-corrected chi connectivity index (χ1v) is 10.0. The van der Waals surface area contributed by atoms with Crippen molar-refractivity contribution in [3.8, 4) is 0 Å². The zero-order valence-corrected chi connectivity index (χ0v) is 14.4. The maximum Gasteiger partial charge on any atom is 0.266 e. The van der Waals surface area contributed by atoms with Crippen LogP contribution in [0.2, 0.25) is 0 Å². The molecule has 0 radical (unpaired) electrons. The maximum atomic E-state index is 14.3. The van der Waals surface area contributed by atoms with Gasteiger partial charge in [-0.25, -0.2) is 17.5 Å². The Kier molecular flexibility index (Phi) is 3.82. The Bertz CT molecular complexity index is 864. The quantitative estimate of drug-likeness (QED) is 0.852. The van der Waals surface area contributed by atoms with E-state index in [2.05, 4.69) is 5.32 Å². The summed E-state index contributed by atoms with van der Waals surface area (Å²) in [6.45, 7) is 0. The number of hydrogen-bond acceptors (Lipinski definition) is 4. The molecule has 1 heterocycles. The van der Waals surface area contributed by atoms with E-state index in [0.29, 0.717) is 24.3 Å². The molecule has 2 amide bonds. The van der Waals surface area contributed by atoms with Crippen LogP contribution < -0.4 is 10.0 Å². The van der Waals surface area contributed by atoms with Gasteiger partial charge in [0, 0.05) is 18.0 Å². The predicted octanol–water partition coefficient (Wildman–Crippen LogP) is 1.95. The first-order chi connectivity index (χ1) is 11.8. The number of rotatable bonds is 4. The van der Waals surface area contributed by atoms with E-state index in [0.717, 1.165) is 18.9 Å². The number of sulfonamides is 1. The van der Waals surface area contributed by atoms with Gasteiger partial charge in [-0.3, -0.25) is 9.59 Å². The van der Waals surface area contributed by atoms with E-state index < -0.39 is 26.6 Å². The van der Waals surface area contributed by atoms with E-state index in [9.17, 15) is 22.4 Å². The van der Waals surface area contributed by atoms with Crippen LogP contribution in [0, 0.1) is 23.6 Å². The van der Waals surface area contributed by atoms with Gasteiger partial charge >= 0.3 is 0 Å². The average molecular weight is 366 g/mol. The SMILES string of the molecule is O=C1CCc2cc(S(=O)(=O)NC(=O)[C@@H]3C[C@H]3C3CCC3)c(F)cc2N1. The molecule has 0 bridgehead atoms. The number of halogens is 1. The molecule has 1 aliphatic heterocycles. The fourth-order valence-corrected chi connectivity index (χ4v) is 4.89. The normalized spacial score (nSPS) is 25.6. The average Bonchev–Trinajstić information content (AvgIpc) is 3.24. The van der Waals surface area contributed by atoms with Gasteiger partial charge in [-0.2, -0.15) is 0 Å². The molecule has 6 nitrogen and oxygen atoms in total. The van der Waals surface area contributed by atoms with Crippen LogP contribution in [-0.4, -0.2) is 20.2 Å². The van der Waals surface area contributed by atoms with E-state index in [-0.39, 0.29) is 29.9 Å². The van der Waals surface area contributed by atoms with Gasteiger partial charge in [0.2, 0.25) is 11.8 Å². The van der Waals surface area contributed by atoms with Crippen molar-refractivity contribution in [2.24, 2.45) is 17.8 Å². The lowest BCUT2D eigenvalue weighted by molar-refractivity contribution is -0.121. The molecule has 1 aromatic rings. The Balaban J connectivity index is 1.52. The maximum absolute atomic E-state index is 14.3. The highest BCUT2D eigenvalue weighted by atomic mass is 32.2. The van der Waals surface area contributed by atoms with Crippen LogP contribution in [0.15, 0.2) is 17.0 Å². The van der Waals surface area contributed by atoms with Crippen molar-refractivity contribution in [3.05, 3.63) is 23.5 Å². The molecule has 1 aromatic carbocycles. The summed E-state index contributed by atoms with van der Waals surface area (Å²) >= 11 is 0. The molecule has 0 saturated heterocycles. The predicted molar refractivity (Wildman–Crippen MR) is 87.6 cm³/mol. The fourth-order valence-electron chi connectivity index (χ4n) is 3.75. The summed E-state index contributed by atoms with van der Waals surface area (Å²) in [5.74, 6) is -1.23. The highest BCUT2D eigenvalue weighted by Crippen LogP contribution is 2.51. The molecule has 0 aromatic heterocycles. The van der Waals surface area contributed by atoms with Gasteiger partial charge in [0.25, 0.3) is 10.0 Å². The molecule has 2 aliphatic carbocycles. The molecule has 4 rings (SSSR count). The number of amides is 2. The Morgan fingerprint density at radius 2 is 2.00 bits per heavy atom. The van der Waals surface area contributed by atoms with Crippen LogP contribution in [0.4, 0.5) is 10.1 Å². The number of nitrogens with one attached hydrogen (secondary N) is 2. The fraction of sp³-hybridized carbons (Fsp3) is 0.529. The molecular weight excluding hydrogens is 347 g/mol. The van der Waals surface area contributed by atoms with Crippen LogP contribution in [0.3, 0.4) is 0 Å². The summed E-state index contributed by atoms with van der Waals surface area (Å²) in [5, 5.41) is 2.52. The summed E-state index contributed by atoms with van der Waals surface area (Å²) in [6, 6.07) is 2.20. The molecule has 25 heavy (non-hydrogen) atoms. The number of aryl methyl sites for hydroxylation is 1. The van der Waals surface area contributed by atoms with Gasteiger partial charge in [-0.15, -0.1) is 0 Å². The number of benzene rings is 1. The third kappa shape index (κ3) is 3.03. The number of carbonyl (C=O) groups excluding carboxylic acids is 2. The van der Waals surface area contributed by atoms with Crippen molar-refractivity contribution in [1.29, 1.82) is 0 Å². The lowest BCUT2D eigenvalue weighted by atomic mass is 9.81. The third-order valence-electron chi connectivity index (χ3n) is 5.51. The second-order valence-corrected chi connectivity index (χ2v) is 8.81.